The van der Waals surface area contributed by atoms with Gasteiger partial charge in [0.1, 0.15) is 12.4 Å². The van der Waals surface area contributed by atoms with Crippen LogP contribution in [-0.4, -0.2) is 43.4 Å². The standard InChI is InChI=1S/C38H41Cl2N3O6S/c1-8-42(9-2)27-14-12-25(31(20-27)48-21-24-11-15-28(39)29(40)17-24)19-33-36(44)43-35(26-13-16-30(49-22(4)5)32(18-26)46-7)34(37(45)47-10-3)23(6)41-38(43)50-33/h11-20,22,35H,8-10,21H2,1-7H3/b33-19+/t35-/m0/s1. The summed E-state index contributed by atoms with van der Waals surface area (Å²) >= 11 is 13.7. The van der Waals surface area contributed by atoms with Crippen LogP contribution in [0.1, 0.15) is 64.3 Å². The quantitative estimate of drug-likeness (QED) is 0.133. The molecule has 1 aliphatic rings. The number of carbonyl (C=O) groups is 1. The number of rotatable bonds is 13. The van der Waals surface area contributed by atoms with Gasteiger partial charge in [0, 0.05) is 30.4 Å². The molecule has 1 aliphatic heterocycles. The van der Waals surface area contributed by atoms with Crippen LogP contribution in [0.25, 0.3) is 6.08 Å². The second-order valence-corrected chi connectivity index (χ2v) is 13.6. The Labute approximate surface area is 306 Å². The van der Waals surface area contributed by atoms with E-state index in [4.69, 9.17) is 47.1 Å². The Morgan fingerprint density at radius 2 is 1.76 bits per heavy atom. The summed E-state index contributed by atoms with van der Waals surface area (Å²) in [5.74, 6) is 1.09. The lowest BCUT2D eigenvalue weighted by molar-refractivity contribution is -0.139. The van der Waals surface area contributed by atoms with Crippen LogP contribution in [0.2, 0.25) is 10.0 Å². The molecule has 0 saturated carbocycles. The van der Waals surface area contributed by atoms with Gasteiger partial charge < -0.3 is 23.8 Å². The number of ether oxygens (including phenoxy) is 4. The van der Waals surface area contributed by atoms with Gasteiger partial charge in [0.25, 0.3) is 5.56 Å². The van der Waals surface area contributed by atoms with Gasteiger partial charge in [-0.15, -0.1) is 0 Å². The lowest BCUT2D eigenvalue weighted by Gasteiger charge is -2.25. The van der Waals surface area contributed by atoms with E-state index in [0.717, 1.165) is 24.3 Å². The molecular formula is C38H41Cl2N3O6S. The third-order valence-corrected chi connectivity index (χ3v) is 9.90. The average Bonchev–Trinajstić information content (AvgIpc) is 3.39. The molecule has 5 rings (SSSR count). The van der Waals surface area contributed by atoms with E-state index in [-0.39, 0.29) is 30.5 Å². The minimum atomic E-state index is -0.815. The lowest BCUT2D eigenvalue weighted by atomic mass is 9.95. The fourth-order valence-corrected chi connectivity index (χ4v) is 7.16. The van der Waals surface area contributed by atoms with Crippen molar-refractivity contribution in [1.82, 2.24) is 4.57 Å². The number of benzene rings is 3. The summed E-state index contributed by atoms with van der Waals surface area (Å²) in [6.45, 7) is 13.6. The van der Waals surface area contributed by atoms with Crippen molar-refractivity contribution in [1.29, 1.82) is 0 Å². The summed E-state index contributed by atoms with van der Waals surface area (Å²) in [6, 6.07) is 15.9. The fraction of sp³-hybridized carbons (Fsp3) is 0.342. The second kappa shape index (κ2) is 16.2. The highest BCUT2D eigenvalue weighted by molar-refractivity contribution is 7.07. The molecule has 0 unspecified atom stereocenters. The van der Waals surface area contributed by atoms with Crippen molar-refractivity contribution < 1.29 is 23.7 Å². The van der Waals surface area contributed by atoms with E-state index in [2.05, 4.69) is 18.7 Å². The number of aromatic nitrogens is 1. The zero-order chi connectivity index (χ0) is 36.1. The molecule has 0 amide bonds. The number of hydrogen-bond acceptors (Lipinski definition) is 9. The minimum Gasteiger partial charge on any atom is -0.493 e. The molecule has 3 aromatic carbocycles. The molecule has 0 saturated heterocycles. The van der Waals surface area contributed by atoms with Crippen LogP contribution in [-0.2, 0) is 16.1 Å². The van der Waals surface area contributed by atoms with Gasteiger partial charge in [0.15, 0.2) is 16.3 Å². The smallest absolute Gasteiger partial charge is 0.338 e. The van der Waals surface area contributed by atoms with Gasteiger partial charge in [0.05, 0.1) is 51.7 Å². The monoisotopic (exact) mass is 737 g/mol. The van der Waals surface area contributed by atoms with E-state index >= 15 is 0 Å². The Morgan fingerprint density at radius 1 is 1.00 bits per heavy atom. The van der Waals surface area contributed by atoms with E-state index in [9.17, 15) is 9.59 Å². The van der Waals surface area contributed by atoms with Crippen LogP contribution in [0.4, 0.5) is 5.69 Å². The normalized spacial score (nSPS) is 14.4. The summed E-state index contributed by atoms with van der Waals surface area (Å²) in [4.78, 5) is 35.2. The molecule has 0 radical (unpaired) electrons. The van der Waals surface area contributed by atoms with Crippen LogP contribution in [0, 0.1) is 0 Å². The van der Waals surface area contributed by atoms with Crippen LogP contribution in [0.5, 0.6) is 17.2 Å². The Kier molecular flexibility index (Phi) is 12.0. The minimum absolute atomic E-state index is 0.0800. The number of allylic oxidation sites excluding steroid dienone is 1. The summed E-state index contributed by atoms with van der Waals surface area (Å²) < 4.78 is 25.4. The van der Waals surface area contributed by atoms with Gasteiger partial charge in [-0.05, 0) is 95.1 Å². The van der Waals surface area contributed by atoms with Gasteiger partial charge >= 0.3 is 5.97 Å². The first kappa shape index (κ1) is 37.0. The van der Waals surface area contributed by atoms with Crippen molar-refractivity contribution in [3.05, 3.63) is 112 Å². The average molecular weight is 739 g/mol. The van der Waals surface area contributed by atoms with Crippen LogP contribution < -0.4 is 34.0 Å². The number of nitrogens with zero attached hydrogens (tertiary/aromatic N) is 3. The number of esters is 1. The maximum absolute atomic E-state index is 14.4. The fourth-order valence-electron chi connectivity index (χ4n) is 5.80. The van der Waals surface area contributed by atoms with Crippen molar-refractivity contribution in [3.8, 4) is 17.2 Å². The van der Waals surface area contributed by atoms with E-state index in [1.54, 1.807) is 55.9 Å². The molecule has 0 fully saturated rings. The maximum atomic E-state index is 14.4. The SMILES string of the molecule is CCOC(=O)C1=C(C)N=c2s/c(=C/c3ccc(N(CC)CC)cc3OCc3ccc(Cl)c(Cl)c3)c(=O)n2[C@H]1c1ccc(OC(C)C)c(OC)c1. The van der Waals surface area contributed by atoms with Gasteiger partial charge in [-0.2, -0.15) is 0 Å². The van der Waals surface area contributed by atoms with Crippen LogP contribution >= 0.6 is 34.5 Å². The summed E-state index contributed by atoms with van der Waals surface area (Å²) in [7, 11) is 1.55. The molecule has 0 N–H and O–H groups in total. The van der Waals surface area contributed by atoms with Crippen molar-refractivity contribution in [2.75, 3.05) is 31.7 Å². The van der Waals surface area contributed by atoms with Crippen molar-refractivity contribution in [2.24, 2.45) is 4.99 Å². The van der Waals surface area contributed by atoms with Crippen LogP contribution in [0.3, 0.4) is 0 Å². The molecule has 264 valence electrons. The molecule has 1 atom stereocenters. The van der Waals surface area contributed by atoms with E-state index < -0.39 is 12.0 Å². The Morgan fingerprint density at radius 3 is 2.42 bits per heavy atom. The maximum Gasteiger partial charge on any atom is 0.338 e. The second-order valence-electron chi connectivity index (χ2n) is 11.8. The van der Waals surface area contributed by atoms with Crippen molar-refractivity contribution in [3.63, 3.8) is 0 Å². The predicted octanol–water partition coefficient (Wildman–Crippen LogP) is 7.33. The van der Waals surface area contributed by atoms with Gasteiger partial charge in [-0.1, -0.05) is 46.7 Å². The van der Waals surface area contributed by atoms with E-state index in [1.165, 1.54) is 11.3 Å². The number of carbonyl (C=O) groups excluding carboxylic acids is 1. The predicted molar refractivity (Wildman–Crippen MR) is 200 cm³/mol. The first-order valence-corrected chi connectivity index (χ1v) is 18.1. The molecule has 0 spiro atoms. The number of halogens is 2. The number of hydrogen-bond donors (Lipinski definition) is 0. The first-order valence-electron chi connectivity index (χ1n) is 16.5. The molecule has 4 aromatic rings. The van der Waals surface area contributed by atoms with Gasteiger partial charge in [-0.3, -0.25) is 9.36 Å². The lowest BCUT2D eigenvalue weighted by Crippen LogP contribution is -2.40. The summed E-state index contributed by atoms with van der Waals surface area (Å²) in [6.07, 6.45) is 1.73. The molecule has 12 heteroatoms. The molecule has 50 heavy (non-hydrogen) atoms. The first-order chi connectivity index (χ1) is 24.0. The van der Waals surface area contributed by atoms with E-state index in [1.807, 2.05) is 44.2 Å². The molecule has 9 nitrogen and oxygen atoms in total. The molecule has 0 bridgehead atoms. The highest BCUT2D eigenvalue weighted by atomic mass is 35.5. The van der Waals surface area contributed by atoms with Gasteiger partial charge in [0.2, 0.25) is 0 Å². The zero-order valence-corrected chi connectivity index (χ0v) is 31.5. The van der Waals surface area contributed by atoms with E-state index in [0.29, 0.717) is 53.5 Å². The topological polar surface area (TPSA) is 91.6 Å². The molecule has 0 aliphatic carbocycles. The molecular weight excluding hydrogens is 697 g/mol. The Hall–Kier alpha value is -4.25. The summed E-state index contributed by atoms with van der Waals surface area (Å²) in [5.41, 5.74) is 3.64. The zero-order valence-electron chi connectivity index (χ0n) is 29.2. The number of thiazole rings is 1. The highest BCUT2D eigenvalue weighted by Gasteiger charge is 2.34. The van der Waals surface area contributed by atoms with Crippen molar-refractivity contribution >= 4 is 52.3 Å². The molecule has 1 aromatic heterocycles. The molecule has 2 heterocycles. The number of methoxy groups -OCH3 is 1. The number of anilines is 1. The van der Waals surface area contributed by atoms with Crippen LogP contribution in [0.15, 0.2) is 75.7 Å². The third-order valence-electron chi connectivity index (χ3n) is 8.17. The summed E-state index contributed by atoms with van der Waals surface area (Å²) in [5, 5.41) is 0.908. The third kappa shape index (κ3) is 7.88. The van der Waals surface area contributed by atoms with Gasteiger partial charge in [-0.25, -0.2) is 9.79 Å². The largest absolute Gasteiger partial charge is 0.493 e. The number of fused-ring (bicyclic) bond motifs is 1. The van der Waals surface area contributed by atoms with Crippen molar-refractivity contribution in [2.45, 2.75) is 60.3 Å². The Bertz CT molecular complexity index is 2100. The Balaban J connectivity index is 1.66. The highest BCUT2D eigenvalue weighted by Crippen LogP contribution is 2.37.